The number of nitrogens with two attached hydrogens (primary N) is 1. The molecule has 0 saturated heterocycles. The monoisotopic (exact) mass is 306 g/mol. The van der Waals surface area contributed by atoms with Gasteiger partial charge >= 0.3 is 0 Å². The predicted octanol–water partition coefficient (Wildman–Crippen LogP) is 1.64. The van der Waals surface area contributed by atoms with E-state index in [1.165, 1.54) is 6.26 Å². The molecule has 0 unspecified atom stereocenters. The van der Waals surface area contributed by atoms with Gasteiger partial charge in [-0.15, -0.1) is 0 Å². The SMILES string of the molecule is CCc1nc(N)cc(NCc2ccc(S(C)(=O)=O)cc2)n1. The molecule has 1 heterocycles. The predicted molar refractivity (Wildman–Crippen MR) is 82.7 cm³/mol. The second kappa shape index (κ2) is 6.09. The van der Waals surface area contributed by atoms with Crippen LogP contribution < -0.4 is 11.1 Å². The summed E-state index contributed by atoms with van der Waals surface area (Å²) in [6, 6.07) is 8.41. The Morgan fingerprint density at radius 2 is 1.86 bits per heavy atom. The molecule has 6 nitrogen and oxygen atoms in total. The number of hydrogen-bond donors (Lipinski definition) is 2. The smallest absolute Gasteiger partial charge is 0.175 e. The van der Waals surface area contributed by atoms with Crippen LogP contribution in [-0.2, 0) is 22.8 Å². The number of nitrogens with zero attached hydrogens (tertiary/aromatic N) is 2. The third-order valence-corrected chi connectivity index (χ3v) is 4.06. The van der Waals surface area contributed by atoms with Crippen molar-refractivity contribution >= 4 is 21.5 Å². The van der Waals surface area contributed by atoms with Crippen molar-refractivity contribution in [3.63, 3.8) is 0 Å². The Kier molecular flexibility index (Phi) is 4.42. The van der Waals surface area contributed by atoms with E-state index in [1.54, 1.807) is 30.3 Å². The van der Waals surface area contributed by atoms with E-state index in [4.69, 9.17) is 5.73 Å². The lowest BCUT2D eigenvalue weighted by atomic mass is 10.2. The summed E-state index contributed by atoms with van der Waals surface area (Å²) in [5.74, 6) is 1.77. The standard InChI is InChI=1S/C14H18N4O2S/c1-3-13-17-12(15)8-14(18-13)16-9-10-4-6-11(7-5-10)21(2,19)20/h4-8H,3,9H2,1-2H3,(H3,15,16,17,18). The number of nitrogens with one attached hydrogen (secondary N) is 1. The number of sulfone groups is 1. The topological polar surface area (TPSA) is 98.0 Å². The summed E-state index contributed by atoms with van der Waals surface area (Å²) in [4.78, 5) is 8.74. The Bertz CT molecular complexity index is 727. The summed E-state index contributed by atoms with van der Waals surface area (Å²) in [6.45, 7) is 2.49. The molecule has 1 aromatic carbocycles. The van der Waals surface area contributed by atoms with Gasteiger partial charge in [0.05, 0.1) is 4.90 Å². The Labute approximate surface area is 124 Å². The normalized spacial score (nSPS) is 11.3. The third kappa shape index (κ3) is 4.16. The Hall–Kier alpha value is -2.15. The molecule has 2 rings (SSSR count). The molecule has 0 aliphatic heterocycles. The number of rotatable bonds is 5. The second-order valence-corrected chi connectivity index (χ2v) is 6.73. The van der Waals surface area contributed by atoms with Gasteiger partial charge in [-0.3, -0.25) is 0 Å². The van der Waals surface area contributed by atoms with Crippen LogP contribution in [0.2, 0.25) is 0 Å². The zero-order valence-corrected chi connectivity index (χ0v) is 12.8. The van der Waals surface area contributed by atoms with Gasteiger partial charge in [-0.2, -0.15) is 0 Å². The molecule has 0 saturated carbocycles. The van der Waals surface area contributed by atoms with E-state index in [0.717, 1.165) is 5.56 Å². The highest BCUT2D eigenvalue weighted by Gasteiger charge is 2.06. The van der Waals surface area contributed by atoms with E-state index >= 15 is 0 Å². The molecule has 0 amide bonds. The maximum atomic E-state index is 11.4. The van der Waals surface area contributed by atoms with Gasteiger partial charge in [-0.25, -0.2) is 18.4 Å². The summed E-state index contributed by atoms with van der Waals surface area (Å²) in [7, 11) is -3.16. The van der Waals surface area contributed by atoms with E-state index in [-0.39, 0.29) is 0 Å². The van der Waals surface area contributed by atoms with Crippen LogP contribution in [0.25, 0.3) is 0 Å². The van der Waals surface area contributed by atoms with E-state index < -0.39 is 9.84 Å². The van der Waals surface area contributed by atoms with Crippen molar-refractivity contribution in [3.05, 3.63) is 41.7 Å². The first-order valence-electron chi connectivity index (χ1n) is 6.55. The van der Waals surface area contributed by atoms with Crippen molar-refractivity contribution in [2.24, 2.45) is 0 Å². The highest BCUT2D eigenvalue weighted by Crippen LogP contribution is 2.13. The maximum Gasteiger partial charge on any atom is 0.175 e. The fourth-order valence-electron chi connectivity index (χ4n) is 1.81. The molecular weight excluding hydrogens is 288 g/mol. The van der Waals surface area contributed by atoms with Crippen molar-refractivity contribution in [1.29, 1.82) is 0 Å². The summed E-state index contributed by atoms with van der Waals surface area (Å²) >= 11 is 0. The number of aromatic nitrogens is 2. The molecule has 1 aromatic heterocycles. The molecule has 7 heteroatoms. The van der Waals surface area contributed by atoms with Crippen LogP contribution >= 0.6 is 0 Å². The molecule has 0 aliphatic carbocycles. The highest BCUT2D eigenvalue weighted by molar-refractivity contribution is 7.90. The number of aryl methyl sites for hydroxylation is 1. The van der Waals surface area contributed by atoms with Crippen LogP contribution in [0.15, 0.2) is 35.2 Å². The van der Waals surface area contributed by atoms with Gasteiger partial charge in [-0.05, 0) is 17.7 Å². The van der Waals surface area contributed by atoms with Crippen LogP contribution in [0.3, 0.4) is 0 Å². The van der Waals surface area contributed by atoms with E-state index in [0.29, 0.717) is 35.3 Å². The van der Waals surface area contributed by atoms with Gasteiger partial charge in [-0.1, -0.05) is 19.1 Å². The van der Waals surface area contributed by atoms with Crippen LogP contribution in [0.1, 0.15) is 18.3 Å². The first kappa shape index (κ1) is 15.2. The van der Waals surface area contributed by atoms with Crippen LogP contribution in [-0.4, -0.2) is 24.6 Å². The second-order valence-electron chi connectivity index (χ2n) is 4.72. The summed E-state index contributed by atoms with van der Waals surface area (Å²) in [6.07, 6.45) is 1.90. The Morgan fingerprint density at radius 1 is 1.19 bits per heavy atom. The zero-order valence-electron chi connectivity index (χ0n) is 12.0. The third-order valence-electron chi connectivity index (χ3n) is 2.93. The minimum absolute atomic E-state index is 0.311. The van der Waals surface area contributed by atoms with Crippen LogP contribution in [0.4, 0.5) is 11.6 Å². The van der Waals surface area contributed by atoms with Crippen LogP contribution in [0.5, 0.6) is 0 Å². The van der Waals surface area contributed by atoms with E-state index in [1.807, 2.05) is 6.92 Å². The number of benzene rings is 1. The molecular formula is C14H18N4O2S. The molecule has 0 atom stereocenters. The average Bonchev–Trinajstić information content (AvgIpc) is 2.44. The van der Waals surface area contributed by atoms with Gasteiger partial charge in [0.15, 0.2) is 9.84 Å². The lowest BCUT2D eigenvalue weighted by molar-refractivity contribution is 0.602. The van der Waals surface area contributed by atoms with Gasteiger partial charge in [0.25, 0.3) is 0 Å². The minimum atomic E-state index is -3.16. The molecule has 21 heavy (non-hydrogen) atoms. The number of anilines is 2. The van der Waals surface area contributed by atoms with Gasteiger partial charge in [0.1, 0.15) is 17.5 Å². The summed E-state index contributed by atoms with van der Waals surface area (Å²) in [5.41, 5.74) is 6.67. The summed E-state index contributed by atoms with van der Waals surface area (Å²) < 4.78 is 22.8. The first-order chi connectivity index (χ1) is 9.88. The fraction of sp³-hybridized carbons (Fsp3) is 0.286. The van der Waals surface area contributed by atoms with Gasteiger partial charge < -0.3 is 11.1 Å². The lowest BCUT2D eigenvalue weighted by Crippen LogP contribution is -2.06. The molecule has 0 fully saturated rings. The van der Waals surface area contributed by atoms with Crippen molar-refractivity contribution in [1.82, 2.24) is 9.97 Å². The lowest BCUT2D eigenvalue weighted by Gasteiger charge is -2.08. The van der Waals surface area contributed by atoms with E-state index in [9.17, 15) is 8.42 Å². The van der Waals surface area contributed by atoms with Crippen molar-refractivity contribution in [2.45, 2.75) is 24.8 Å². The number of hydrogen-bond acceptors (Lipinski definition) is 6. The molecule has 0 radical (unpaired) electrons. The average molecular weight is 306 g/mol. The molecule has 3 N–H and O–H groups in total. The quantitative estimate of drug-likeness (QED) is 0.871. The first-order valence-corrected chi connectivity index (χ1v) is 8.44. The molecule has 2 aromatic rings. The fourth-order valence-corrected chi connectivity index (χ4v) is 2.44. The zero-order chi connectivity index (χ0) is 15.5. The van der Waals surface area contributed by atoms with E-state index in [2.05, 4.69) is 15.3 Å². The molecule has 112 valence electrons. The highest BCUT2D eigenvalue weighted by atomic mass is 32.2. The van der Waals surface area contributed by atoms with Gasteiger partial charge in [0, 0.05) is 25.3 Å². The minimum Gasteiger partial charge on any atom is -0.384 e. The maximum absolute atomic E-state index is 11.4. The largest absolute Gasteiger partial charge is 0.384 e. The number of nitrogen functional groups attached to an aromatic ring is 1. The van der Waals surface area contributed by atoms with Crippen molar-refractivity contribution in [2.75, 3.05) is 17.3 Å². The van der Waals surface area contributed by atoms with Crippen molar-refractivity contribution in [3.8, 4) is 0 Å². The molecule has 0 bridgehead atoms. The molecule has 0 aliphatic rings. The Morgan fingerprint density at radius 3 is 2.43 bits per heavy atom. The van der Waals surface area contributed by atoms with Crippen LogP contribution in [0, 0.1) is 0 Å². The Balaban J connectivity index is 2.08. The summed E-state index contributed by atoms with van der Waals surface area (Å²) in [5, 5.41) is 3.15. The van der Waals surface area contributed by atoms with Gasteiger partial charge in [0.2, 0.25) is 0 Å². The van der Waals surface area contributed by atoms with Crippen molar-refractivity contribution < 1.29 is 8.42 Å². The molecule has 0 spiro atoms.